The Labute approximate surface area is 156 Å². The molecular weight excluding hydrogens is 348 g/mol. The Bertz CT molecular complexity index is 929. The van der Waals surface area contributed by atoms with Crippen molar-refractivity contribution in [1.29, 1.82) is 0 Å². The molecule has 3 N–H and O–H groups in total. The summed E-state index contributed by atoms with van der Waals surface area (Å²) in [6, 6.07) is 7.57. The van der Waals surface area contributed by atoms with E-state index >= 15 is 0 Å². The molecule has 0 saturated heterocycles. The minimum Gasteiger partial charge on any atom is -0.374 e. The van der Waals surface area contributed by atoms with E-state index in [1.165, 1.54) is 11.3 Å². The third kappa shape index (κ3) is 3.29. The van der Waals surface area contributed by atoms with Gasteiger partial charge >= 0.3 is 0 Å². The average molecular weight is 372 g/mol. The second-order valence-corrected chi connectivity index (χ2v) is 7.73. The largest absolute Gasteiger partial charge is 0.374 e. The van der Waals surface area contributed by atoms with Crippen LogP contribution in [0.4, 0.5) is 5.13 Å². The first-order chi connectivity index (χ1) is 12.4. The normalized spacial score (nSPS) is 13.1. The predicted molar refractivity (Wildman–Crippen MR) is 104 cm³/mol. The van der Waals surface area contributed by atoms with Crippen molar-refractivity contribution in [1.82, 2.24) is 25.1 Å². The van der Waals surface area contributed by atoms with Crippen LogP contribution in [0.25, 0.3) is 11.0 Å². The van der Waals surface area contributed by atoms with E-state index in [0.29, 0.717) is 16.6 Å². The highest BCUT2D eigenvalue weighted by molar-refractivity contribution is 7.15. The van der Waals surface area contributed by atoms with Crippen molar-refractivity contribution in [3.8, 4) is 0 Å². The second kappa shape index (κ2) is 7.03. The number of carbonyl (C=O) groups excluding carboxylic acids is 1. The van der Waals surface area contributed by atoms with Gasteiger partial charge in [-0.3, -0.25) is 4.79 Å². The number of hydrogen-bond donors (Lipinski definition) is 2. The number of imidazole rings is 1. The van der Waals surface area contributed by atoms with Crippen LogP contribution >= 0.6 is 11.3 Å². The summed E-state index contributed by atoms with van der Waals surface area (Å²) in [4.78, 5) is 17.8. The molecule has 1 aromatic carbocycles. The Hall–Kier alpha value is -2.48. The van der Waals surface area contributed by atoms with Crippen molar-refractivity contribution in [3.05, 3.63) is 35.1 Å². The van der Waals surface area contributed by atoms with Gasteiger partial charge in [0.1, 0.15) is 16.9 Å². The SMILES string of the molecule is CCc1nc2ccccc2n1[C@H](CC)C(=O)NC(C)(C)c1nnc(N)s1. The molecule has 2 aromatic heterocycles. The lowest BCUT2D eigenvalue weighted by Gasteiger charge is -2.27. The number of aryl methyl sites for hydroxylation is 1. The van der Waals surface area contributed by atoms with Crippen LogP contribution in [0.15, 0.2) is 24.3 Å². The summed E-state index contributed by atoms with van der Waals surface area (Å²) in [5, 5.41) is 12.1. The van der Waals surface area contributed by atoms with Gasteiger partial charge in [0, 0.05) is 6.42 Å². The zero-order valence-electron chi connectivity index (χ0n) is 15.5. The minimum absolute atomic E-state index is 0.0656. The van der Waals surface area contributed by atoms with E-state index in [-0.39, 0.29) is 11.9 Å². The third-order valence-electron chi connectivity index (χ3n) is 4.40. The van der Waals surface area contributed by atoms with Crippen LogP contribution in [0.3, 0.4) is 0 Å². The summed E-state index contributed by atoms with van der Waals surface area (Å²) in [6.45, 7) is 7.87. The molecule has 0 spiro atoms. The number of nitrogens with zero attached hydrogens (tertiary/aromatic N) is 4. The maximum atomic E-state index is 13.1. The maximum Gasteiger partial charge on any atom is 0.243 e. The fourth-order valence-electron chi connectivity index (χ4n) is 3.11. The summed E-state index contributed by atoms with van der Waals surface area (Å²) in [7, 11) is 0. The Morgan fingerprint density at radius 2 is 2.04 bits per heavy atom. The Balaban J connectivity index is 1.95. The Morgan fingerprint density at radius 3 is 2.65 bits per heavy atom. The number of hydrogen-bond acceptors (Lipinski definition) is 6. The molecule has 0 radical (unpaired) electrons. The van der Waals surface area contributed by atoms with Gasteiger partial charge in [-0.15, -0.1) is 10.2 Å². The predicted octanol–water partition coefficient (Wildman–Crippen LogP) is 3.04. The van der Waals surface area contributed by atoms with Gasteiger partial charge in [-0.25, -0.2) is 4.98 Å². The molecule has 1 atom stereocenters. The van der Waals surface area contributed by atoms with Gasteiger partial charge in [0.05, 0.1) is 16.6 Å². The van der Waals surface area contributed by atoms with E-state index in [2.05, 4.69) is 32.0 Å². The molecule has 0 aliphatic carbocycles. The molecule has 3 rings (SSSR count). The average Bonchev–Trinajstić information content (AvgIpc) is 3.20. The van der Waals surface area contributed by atoms with Crippen LogP contribution in [0, 0.1) is 0 Å². The van der Waals surface area contributed by atoms with Crippen LogP contribution in [0.5, 0.6) is 0 Å². The number of nitrogen functional groups attached to an aromatic ring is 1. The molecule has 0 aliphatic rings. The number of para-hydroxylation sites is 2. The highest BCUT2D eigenvalue weighted by Gasteiger charge is 2.31. The Kier molecular flexibility index (Phi) is 4.95. The van der Waals surface area contributed by atoms with E-state index in [1.807, 2.05) is 45.0 Å². The lowest BCUT2D eigenvalue weighted by atomic mass is 10.1. The molecule has 0 saturated carbocycles. The second-order valence-electron chi connectivity index (χ2n) is 6.72. The molecule has 3 aromatic rings. The molecule has 2 heterocycles. The number of nitrogens with two attached hydrogens (primary N) is 1. The highest BCUT2D eigenvalue weighted by atomic mass is 32.1. The summed E-state index contributed by atoms with van der Waals surface area (Å²) in [5.41, 5.74) is 6.92. The topological polar surface area (TPSA) is 98.7 Å². The summed E-state index contributed by atoms with van der Waals surface area (Å²) >= 11 is 1.29. The van der Waals surface area contributed by atoms with Gasteiger partial charge < -0.3 is 15.6 Å². The molecule has 26 heavy (non-hydrogen) atoms. The molecule has 0 fully saturated rings. The van der Waals surface area contributed by atoms with Gasteiger partial charge in [0.25, 0.3) is 0 Å². The fourth-order valence-corrected chi connectivity index (χ4v) is 3.78. The van der Waals surface area contributed by atoms with Gasteiger partial charge in [-0.05, 0) is 32.4 Å². The van der Waals surface area contributed by atoms with E-state index in [9.17, 15) is 4.79 Å². The van der Waals surface area contributed by atoms with Crippen molar-refractivity contribution < 1.29 is 4.79 Å². The quantitative estimate of drug-likeness (QED) is 0.693. The van der Waals surface area contributed by atoms with Crippen molar-refractivity contribution >= 4 is 33.4 Å². The minimum atomic E-state index is -0.650. The fraction of sp³-hybridized carbons (Fsp3) is 0.444. The number of rotatable bonds is 6. The van der Waals surface area contributed by atoms with E-state index in [0.717, 1.165) is 23.3 Å². The lowest BCUT2D eigenvalue weighted by molar-refractivity contribution is -0.126. The molecule has 7 nitrogen and oxygen atoms in total. The van der Waals surface area contributed by atoms with Crippen molar-refractivity contribution in [2.45, 2.75) is 52.1 Å². The van der Waals surface area contributed by atoms with Crippen molar-refractivity contribution in [3.63, 3.8) is 0 Å². The number of fused-ring (bicyclic) bond motifs is 1. The molecule has 1 amide bonds. The van der Waals surface area contributed by atoms with Gasteiger partial charge in [0.2, 0.25) is 11.0 Å². The number of aromatic nitrogens is 4. The maximum absolute atomic E-state index is 13.1. The molecule has 0 bridgehead atoms. The van der Waals surface area contributed by atoms with Gasteiger partial charge in [-0.1, -0.05) is 37.3 Å². The molecular formula is C18H24N6OS. The van der Waals surface area contributed by atoms with E-state index < -0.39 is 5.54 Å². The molecule has 0 unspecified atom stereocenters. The van der Waals surface area contributed by atoms with E-state index in [1.54, 1.807) is 0 Å². The first-order valence-corrected chi connectivity index (χ1v) is 9.56. The number of nitrogens with one attached hydrogen (secondary N) is 1. The highest BCUT2D eigenvalue weighted by Crippen LogP contribution is 2.28. The van der Waals surface area contributed by atoms with Crippen LogP contribution < -0.4 is 11.1 Å². The van der Waals surface area contributed by atoms with Crippen LogP contribution in [-0.2, 0) is 16.8 Å². The van der Waals surface area contributed by atoms with Crippen LogP contribution in [0.1, 0.15) is 51.0 Å². The zero-order chi connectivity index (χ0) is 18.9. The zero-order valence-corrected chi connectivity index (χ0v) is 16.3. The number of carbonyl (C=O) groups is 1. The monoisotopic (exact) mass is 372 g/mol. The lowest BCUT2D eigenvalue weighted by Crippen LogP contribution is -2.44. The Morgan fingerprint density at radius 1 is 1.31 bits per heavy atom. The number of anilines is 1. The summed E-state index contributed by atoms with van der Waals surface area (Å²) < 4.78 is 2.05. The smallest absolute Gasteiger partial charge is 0.243 e. The summed E-state index contributed by atoms with van der Waals surface area (Å²) in [5.74, 6) is 0.843. The number of benzene rings is 1. The van der Waals surface area contributed by atoms with Gasteiger partial charge in [0.15, 0.2) is 0 Å². The van der Waals surface area contributed by atoms with Crippen LogP contribution in [0.2, 0.25) is 0 Å². The summed E-state index contributed by atoms with van der Waals surface area (Å²) in [6.07, 6.45) is 1.42. The van der Waals surface area contributed by atoms with Gasteiger partial charge in [-0.2, -0.15) is 0 Å². The number of amides is 1. The van der Waals surface area contributed by atoms with Crippen LogP contribution in [-0.4, -0.2) is 25.7 Å². The standard InChI is InChI=1S/C18H24N6OS/c1-5-12(15(25)21-18(3,4)16-22-23-17(19)26-16)24-13-10-8-7-9-11(13)20-14(24)6-2/h7-10,12H,5-6H2,1-4H3,(H2,19,23)(H,21,25)/t12-/m1/s1. The molecule has 8 heteroatoms. The van der Waals surface area contributed by atoms with Crippen molar-refractivity contribution in [2.24, 2.45) is 0 Å². The van der Waals surface area contributed by atoms with Crippen molar-refractivity contribution in [2.75, 3.05) is 5.73 Å². The first kappa shape index (κ1) is 18.3. The van der Waals surface area contributed by atoms with E-state index in [4.69, 9.17) is 5.73 Å². The molecule has 0 aliphatic heterocycles. The molecule has 138 valence electrons. The first-order valence-electron chi connectivity index (χ1n) is 8.74. The third-order valence-corrected chi connectivity index (χ3v) is 5.47.